The highest BCUT2D eigenvalue weighted by atomic mass is 35.5. The molecule has 0 saturated carbocycles. The standard InChI is InChI=1S/C17H18ClNO3/c18-14-8-4-5-9-16(14)22-12-17(21)19-15(10-11-20)13-6-2-1-3-7-13/h1-9,15,20H,10-12H2,(H,19,21). The van der Waals surface area contributed by atoms with Crippen molar-refractivity contribution in [2.24, 2.45) is 0 Å². The van der Waals surface area contributed by atoms with Crippen LogP contribution in [0.15, 0.2) is 54.6 Å². The van der Waals surface area contributed by atoms with E-state index in [1.165, 1.54) is 0 Å². The fourth-order valence-corrected chi connectivity index (χ4v) is 2.27. The van der Waals surface area contributed by atoms with Crippen molar-refractivity contribution in [2.75, 3.05) is 13.2 Å². The van der Waals surface area contributed by atoms with Crippen molar-refractivity contribution in [3.8, 4) is 5.75 Å². The first kappa shape index (κ1) is 16.3. The van der Waals surface area contributed by atoms with Crippen LogP contribution in [0, 0.1) is 0 Å². The summed E-state index contributed by atoms with van der Waals surface area (Å²) >= 11 is 5.97. The number of nitrogens with one attached hydrogen (secondary N) is 1. The number of aliphatic hydroxyl groups is 1. The average Bonchev–Trinajstić information content (AvgIpc) is 2.54. The summed E-state index contributed by atoms with van der Waals surface area (Å²) < 4.78 is 5.41. The van der Waals surface area contributed by atoms with E-state index in [1.807, 2.05) is 30.3 Å². The number of amides is 1. The predicted octanol–water partition coefficient (Wildman–Crippen LogP) is 2.96. The summed E-state index contributed by atoms with van der Waals surface area (Å²) in [6.07, 6.45) is 0.446. The van der Waals surface area contributed by atoms with Gasteiger partial charge in [-0.25, -0.2) is 0 Å². The number of carbonyl (C=O) groups excluding carboxylic acids is 1. The largest absolute Gasteiger partial charge is 0.482 e. The van der Waals surface area contributed by atoms with Gasteiger partial charge in [-0.05, 0) is 24.1 Å². The number of hydrogen-bond donors (Lipinski definition) is 2. The van der Waals surface area contributed by atoms with Crippen LogP contribution in [0.2, 0.25) is 5.02 Å². The second-order valence-electron chi connectivity index (χ2n) is 4.76. The molecule has 4 nitrogen and oxygen atoms in total. The van der Waals surface area contributed by atoms with Crippen LogP contribution in [-0.4, -0.2) is 24.2 Å². The molecule has 5 heteroatoms. The zero-order valence-corrected chi connectivity index (χ0v) is 12.8. The molecule has 0 aliphatic rings. The van der Waals surface area contributed by atoms with Gasteiger partial charge in [0.2, 0.25) is 0 Å². The number of aliphatic hydroxyl groups excluding tert-OH is 1. The molecule has 0 fully saturated rings. The molecule has 22 heavy (non-hydrogen) atoms. The minimum atomic E-state index is -0.262. The third-order valence-electron chi connectivity index (χ3n) is 3.15. The molecule has 2 aromatic carbocycles. The lowest BCUT2D eigenvalue weighted by molar-refractivity contribution is -0.123. The Labute approximate surface area is 134 Å². The summed E-state index contributed by atoms with van der Waals surface area (Å²) in [6, 6.07) is 16.3. The smallest absolute Gasteiger partial charge is 0.258 e. The summed E-state index contributed by atoms with van der Waals surface area (Å²) in [4.78, 5) is 12.0. The highest BCUT2D eigenvalue weighted by molar-refractivity contribution is 6.32. The first-order valence-electron chi connectivity index (χ1n) is 7.03. The topological polar surface area (TPSA) is 58.6 Å². The predicted molar refractivity (Wildman–Crippen MR) is 86.0 cm³/mol. The Morgan fingerprint density at radius 1 is 1.14 bits per heavy atom. The van der Waals surface area contributed by atoms with Gasteiger partial charge in [-0.1, -0.05) is 54.1 Å². The number of para-hydroxylation sites is 1. The second-order valence-corrected chi connectivity index (χ2v) is 5.17. The highest BCUT2D eigenvalue weighted by Crippen LogP contribution is 2.23. The minimum absolute atomic E-state index is 0.00872. The average molecular weight is 320 g/mol. The first-order valence-corrected chi connectivity index (χ1v) is 7.41. The fraction of sp³-hybridized carbons (Fsp3) is 0.235. The number of halogens is 1. The monoisotopic (exact) mass is 319 g/mol. The zero-order valence-electron chi connectivity index (χ0n) is 12.0. The lowest BCUT2D eigenvalue weighted by Gasteiger charge is -2.18. The molecule has 0 aliphatic carbocycles. The van der Waals surface area contributed by atoms with Gasteiger partial charge in [0.25, 0.3) is 5.91 Å². The third-order valence-corrected chi connectivity index (χ3v) is 3.46. The summed E-state index contributed by atoms with van der Waals surface area (Å²) in [5.41, 5.74) is 0.947. The number of benzene rings is 2. The molecule has 2 aromatic rings. The van der Waals surface area contributed by atoms with Crippen LogP contribution in [0.5, 0.6) is 5.75 Å². The van der Waals surface area contributed by atoms with E-state index >= 15 is 0 Å². The molecule has 0 radical (unpaired) electrons. The van der Waals surface area contributed by atoms with Crippen molar-refractivity contribution in [1.29, 1.82) is 0 Å². The van der Waals surface area contributed by atoms with E-state index in [2.05, 4.69) is 5.32 Å². The van der Waals surface area contributed by atoms with Crippen LogP contribution in [0.25, 0.3) is 0 Å². The summed E-state index contributed by atoms with van der Waals surface area (Å²) in [5.74, 6) is 0.208. The minimum Gasteiger partial charge on any atom is -0.482 e. The van der Waals surface area contributed by atoms with Crippen molar-refractivity contribution in [3.63, 3.8) is 0 Å². The zero-order chi connectivity index (χ0) is 15.8. The Morgan fingerprint density at radius 2 is 1.82 bits per heavy atom. The molecule has 0 heterocycles. The summed E-state index contributed by atoms with van der Waals surface area (Å²) in [5, 5.41) is 12.5. The van der Waals surface area contributed by atoms with Crippen molar-refractivity contribution in [2.45, 2.75) is 12.5 Å². The van der Waals surface area contributed by atoms with E-state index < -0.39 is 0 Å². The van der Waals surface area contributed by atoms with Crippen LogP contribution in [-0.2, 0) is 4.79 Å². The Morgan fingerprint density at radius 3 is 2.50 bits per heavy atom. The maximum Gasteiger partial charge on any atom is 0.258 e. The number of carbonyl (C=O) groups is 1. The Bertz CT molecular complexity index is 604. The Balaban J connectivity index is 1.93. The molecule has 0 aromatic heterocycles. The molecule has 116 valence electrons. The number of rotatable bonds is 7. The van der Waals surface area contributed by atoms with E-state index in [9.17, 15) is 4.79 Å². The Hall–Kier alpha value is -2.04. The van der Waals surface area contributed by atoms with Crippen LogP contribution in [0.1, 0.15) is 18.0 Å². The van der Waals surface area contributed by atoms with E-state index in [-0.39, 0.29) is 25.2 Å². The van der Waals surface area contributed by atoms with Crippen LogP contribution in [0.3, 0.4) is 0 Å². The third kappa shape index (κ3) is 4.76. The highest BCUT2D eigenvalue weighted by Gasteiger charge is 2.14. The molecule has 0 bridgehead atoms. The van der Waals surface area contributed by atoms with E-state index in [1.54, 1.807) is 24.3 Å². The number of hydrogen-bond acceptors (Lipinski definition) is 3. The van der Waals surface area contributed by atoms with E-state index in [0.717, 1.165) is 5.56 Å². The molecule has 0 aliphatic heterocycles. The van der Waals surface area contributed by atoms with Crippen LogP contribution in [0.4, 0.5) is 0 Å². The van der Waals surface area contributed by atoms with Gasteiger partial charge in [0.15, 0.2) is 6.61 Å². The molecule has 0 saturated heterocycles. The quantitative estimate of drug-likeness (QED) is 0.825. The van der Waals surface area contributed by atoms with Gasteiger partial charge < -0.3 is 15.2 Å². The summed E-state index contributed by atoms with van der Waals surface area (Å²) in [7, 11) is 0. The van der Waals surface area contributed by atoms with Gasteiger partial charge >= 0.3 is 0 Å². The summed E-state index contributed by atoms with van der Waals surface area (Å²) in [6.45, 7) is -0.135. The molecular weight excluding hydrogens is 302 g/mol. The normalized spacial score (nSPS) is 11.7. The van der Waals surface area contributed by atoms with Crippen LogP contribution < -0.4 is 10.1 Å². The first-order chi connectivity index (χ1) is 10.7. The van der Waals surface area contributed by atoms with Gasteiger partial charge in [-0.2, -0.15) is 0 Å². The lowest BCUT2D eigenvalue weighted by atomic mass is 10.0. The van der Waals surface area contributed by atoms with Crippen molar-refractivity contribution < 1.29 is 14.6 Å². The fourth-order valence-electron chi connectivity index (χ4n) is 2.08. The van der Waals surface area contributed by atoms with Gasteiger partial charge in [0.05, 0.1) is 11.1 Å². The molecule has 0 spiro atoms. The van der Waals surface area contributed by atoms with Crippen LogP contribution >= 0.6 is 11.6 Å². The Kier molecular flexibility index (Phi) is 6.25. The number of ether oxygens (including phenoxy) is 1. The van der Waals surface area contributed by atoms with E-state index in [0.29, 0.717) is 17.2 Å². The van der Waals surface area contributed by atoms with Crippen molar-refractivity contribution in [1.82, 2.24) is 5.32 Å². The second kappa shape index (κ2) is 8.41. The van der Waals surface area contributed by atoms with Crippen molar-refractivity contribution in [3.05, 3.63) is 65.2 Å². The molecule has 2 N–H and O–H groups in total. The van der Waals surface area contributed by atoms with Gasteiger partial charge in [0.1, 0.15) is 5.75 Å². The SMILES string of the molecule is O=C(COc1ccccc1Cl)NC(CCO)c1ccccc1. The van der Waals surface area contributed by atoms with E-state index in [4.69, 9.17) is 21.4 Å². The lowest BCUT2D eigenvalue weighted by Crippen LogP contribution is -2.33. The molecule has 1 atom stereocenters. The molecule has 1 amide bonds. The van der Waals surface area contributed by atoms with Gasteiger partial charge in [0, 0.05) is 6.61 Å². The molecule has 1 unspecified atom stereocenters. The van der Waals surface area contributed by atoms with Gasteiger partial charge in [-0.3, -0.25) is 4.79 Å². The maximum absolute atomic E-state index is 12.0. The van der Waals surface area contributed by atoms with Crippen molar-refractivity contribution >= 4 is 17.5 Å². The molecular formula is C17H18ClNO3. The maximum atomic E-state index is 12.0. The molecule has 2 rings (SSSR count). The van der Waals surface area contributed by atoms with Gasteiger partial charge in [-0.15, -0.1) is 0 Å².